The van der Waals surface area contributed by atoms with Crippen LogP contribution in [0.4, 0.5) is 0 Å². The molecule has 0 saturated heterocycles. The maximum absolute atomic E-state index is 11.4. The Hall–Kier alpha value is -1.28. The lowest BCUT2D eigenvalue weighted by atomic mass is 10.3. The minimum atomic E-state index is -3.42. The van der Waals surface area contributed by atoms with E-state index in [2.05, 4.69) is 31.0 Å². The normalized spacial score (nSPS) is 11.7. The van der Waals surface area contributed by atoms with Gasteiger partial charge in [0.1, 0.15) is 5.69 Å². The summed E-state index contributed by atoms with van der Waals surface area (Å²) in [6.07, 6.45) is 4.31. The number of aryl methyl sites for hydroxylation is 1. The molecule has 2 heterocycles. The van der Waals surface area contributed by atoms with E-state index < -0.39 is 9.84 Å². The summed E-state index contributed by atoms with van der Waals surface area (Å²) in [5.41, 5.74) is 1.08. The van der Waals surface area contributed by atoms with Gasteiger partial charge in [0.05, 0.1) is 10.2 Å². The zero-order chi connectivity index (χ0) is 13.3. The topological polar surface area (TPSA) is 77.7 Å². The Kier molecular flexibility index (Phi) is 3.49. The van der Waals surface area contributed by atoms with E-state index in [-0.39, 0.29) is 5.16 Å². The summed E-state index contributed by atoms with van der Waals surface area (Å²) >= 11 is 3.38. The van der Waals surface area contributed by atoms with Gasteiger partial charge in [-0.25, -0.2) is 18.4 Å². The van der Waals surface area contributed by atoms with Crippen LogP contribution in [0.1, 0.15) is 6.92 Å². The lowest BCUT2D eigenvalue weighted by Gasteiger charge is -2.00. The molecule has 2 aromatic rings. The van der Waals surface area contributed by atoms with E-state index in [0.717, 1.165) is 17.3 Å². The van der Waals surface area contributed by atoms with Gasteiger partial charge >= 0.3 is 0 Å². The van der Waals surface area contributed by atoms with E-state index in [4.69, 9.17) is 0 Å². The zero-order valence-electron chi connectivity index (χ0n) is 9.83. The molecule has 0 aromatic carbocycles. The number of hydrogen-bond acceptors (Lipinski definition) is 5. The van der Waals surface area contributed by atoms with Crippen molar-refractivity contribution in [2.75, 3.05) is 6.26 Å². The van der Waals surface area contributed by atoms with Crippen molar-refractivity contribution in [2.45, 2.75) is 18.6 Å². The van der Waals surface area contributed by atoms with Crippen LogP contribution >= 0.6 is 15.9 Å². The Morgan fingerprint density at radius 1 is 1.44 bits per heavy atom. The van der Waals surface area contributed by atoms with E-state index in [1.165, 1.54) is 6.20 Å². The first kappa shape index (κ1) is 13.2. The van der Waals surface area contributed by atoms with Gasteiger partial charge in [0.15, 0.2) is 0 Å². The molecule has 0 aliphatic heterocycles. The van der Waals surface area contributed by atoms with Crippen LogP contribution in [0.2, 0.25) is 0 Å². The first-order valence-electron chi connectivity index (χ1n) is 5.18. The van der Waals surface area contributed by atoms with Crippen LogP contribution in [-0.2, 0) is 16.4 Å². The van der Waals surface area contributed by atoms with E-state index in [1.807, 2.05) is 13.1 Å². The van der Waals surface area contributed by atoms with Crippen LogP contribution < -0.4 is 0 Å². The zero-order valence-corrected chi connectivity index (χ0v) is 12.2. The molecule has 0 N–H and O–H groups in total. The quantitative estimate of drug-likeness (QED) is 0.797. The van der Waals surface area contributed by atoms with Crippen molar-refractivity contribution in [2.24, 2.45) is 0 Å². The lowest BCUT2D eigenvalue weighted by molar-refractivity contribution is 0.593. The summed E-state index contributed by atoms with van der Waals surface area (Å²) < 4.78 is 25.3. The molecule has 0 spiro atoms. The highest BCUT2D eigenvalue weighted by Crippen LogP contribution is 2.25. The SMILES string of the molecule is CCn1cc(Br)c(-c2ccnc(S(C)(=O)=O)n2)n1. The number of rotatable bonds is 3. The molecule has 0 amide bonds. The molecule has 0 radical (unpaired) electrons. The summed E-state index contributed by atoms with van der Waals surface area (Å²) in [4.78, 5) is 7.76. The van der Waals surface area contributed by atoms with Crippen LogP contribution in [0.25, 0.3) is 11.4 Å². The largest absolute Gasteiger partial charge is 0.271 e. The monoisotopic (exact) mass is 330 g/mol. The van der Waals surface area contributed by atoms with Crippen LogP contribution in [0, 0.1) is 0 Å². The standard InChI is InChI=1S/C10H11BrN4O2S/c1-3-15-6-7(11)9(14-15)8-4-5-12-10(13-8)18(2,16)17/h4-6H,3H2,1-2H3. The van der Waals surface area contributed by atoms with Crippen LogP contribution in [0.15, 0.2) is 28.1 Å². The molecule has 0 aliphatic rings. The third-order valence-electron chi connectivity index (χ3n) is 2.25. The highest BCUT2D eigenvalue weighted by atomic mass is 79.9. The summed E-state index contributed by atoms with van der Waals surface area (Å²) in [6.45, 7) is 2.69. The Bertz CT molecular complexity index is 681. The molecule has 8 heteroatoms. The van der Waals surface area contributed by atoms with Gasteiger partial charge in [-0.2, -0.15) is 5.10 Å². The smallest absolute Gasteiger partial charge is 0.247 e. The molecule has 2 rings (SSSR count). The summed E-state index contributed by atoms with van der Waals surface area (Å²) in [5.74, 6) is 0. The summed E-state index contributed by atoms with van der Waals surface area (Å²) in [5, 5.41) is 4.11. The van der Waals surface area contributed by atoms with Crippen molar-refractivity contribution in [1.29, 1.82) is 0 Å². The molecular formula is C10H11BrN4O2S. The second-order valence-corrected chi connectivity index (χ2v) is 6.44. The van der Waals surface area contributed by atoms with E-state index in [1.54, 1.807) is 10.7 Å². The van der Waals surface area contributed by atoms with Crippen molar-refractivity contribution < 1.29 is 8.42 Å². The fraction of sp³-hybridized carbons (Fsp3) is 0.300. The van der Waals surface area contributed by atoms with Gasteiger partial charge < -0.3 is 0 Å². The molecule has 0 unspecified atom stereocenters. The molecule has 0 saturated carbocycles. The number of sulfone groups is 1. The third kappa shape index (κ3) is 2.59. The van der Waals surface area contributed by atoms with Crippen molar-refractivity contribution in [3.8, 4) is 11.4 Å². The van der Waals surface area contributed by atoms with Crippen LogP contribution in [-0.4, -0.2) is 34.4 Å². The van der Waals surface area contributed by atoms with Crippen LogP contribution in [0.5, 0.6) is 0 Å². The number of hydrogen-bond donors (Lipinski definition) is 0. The lowest BCUT2D eigenvalue weighted by Crippen LogP contribution is -2.04. The van der Waals surface area contributed by atoms with Crippen molar-refractivity contribution >= 4 is 25.8 Å². The maximum Gasteiger partial charge on any atom is 0.247 e. The molecule has 0 aliphatic carbocycles. The van der Waals surface area contributed by atoms with Crippen LogP contribution in [0.3, 0.4) is 0 Å². The van der Waals surface area contributed by atoms with Crippen molar-refractivity contribution in [3.63, 3.8) is 0 Å². The first-order chi connectivity index (χ1) is 8.41. The highest BCUT2D eigenvalue weighted by molar-refractivity contribution is 9.10. The molecule has 0 atom stereocenters. The fourth-order valence-corrected chi connectivity index (χ4v) is 2.42. The Balaban J connectivity index is 2.54. The van der Waals surface area contributed by atoms with Gasteiger partial charge in [-0.3, -0.25) is 4.68 Å². The predicted octanol–water partition coefficient (Wildman–Crippen LogP) is 1.53. The average molecular weight is 331 g/mol. The molecule has 0 fully saturated rings. The Labute approximate surface area is 113 Å². The summed E-state index contributed by atoms with van der Waals surface area (Å²) in [7, 11) is -3.42. The van der Waals surface area contributed by atoms with E-state index >= 15 is 0 Å². The van der Waals surface area contributed by atoms with Gasteiger partial charge in [-0.05, 0) is 28.9 Å². The van der Waals surface area contributed by atoms with E-state index in [9.17, 15) is 8.42 Å². The Morgan fingerprint density at radius 2 is 2.17 bits per heavy atom. The number of halogens is 1. The van der Waals surface area contributed by atoms with Crippen molar-refractivity contribution in [3.05, 3.63) is 22.9 Å². The van der Waals surface area contributed by atoms with Gasteiger partial charge in [0.25, 0.3) is 0 Å². The first-order valence-corrected chi connectivity index (χ1v) is 7.86. The Morgan fingerprint density at radius 3 is 2.72 bits per heavy atom. The number of nitrogens with zero attached hydrogens (tertiary/aromatic N) is 4. The molecule has 96 valence electrons. The molecule has 18 heavy (non-hydrogen) atoms. The third-order valence-corrected chi connectivity index (χ3v) is 3.69. The molecule has 6 nitrogen and oxygen atoms in total. The average Bonchev–Trinajstić information content (AvgIpc) is 2.70. The van der Waals surface area contributed by atoms with Gasteiger partial charge in [0.2, 0.25) is 15.0 Å². The molecule has 0 bridgehead atoms. The van der Waals surface area contributed by atoms with E-state index in [0.29, 0.717) is 11.4 Å². The molecule has 2 aromatic heterocycles. The number of aromatic nitrogens is 4. The second kappa shape index (κ2) is 4.77. The van der Waals surface area contributed by atoms with Gasteiger partial charge in [-0.15, -0.1) is 0 Å². The minimum absolute atomic E-state index is 0.196. The molecular weight excluding hydrogens is 320 g/mol. The van der Waals surface area contributed by atoms with Gasteiger partial charge in [-0.1, -0.05) is 0 Å². The van der Waals surface area contributed by atoms with Crippen molar-refractivity contribution in [1.82, 2.24) is 19.7 Å². The predicted molar refractivity (Wildman–Crippen MR) is 69.7 cm³/mol. The minimum Gasteiger partial charge on any atom is -0.271 e. The second-order valence-electron chi connectivity index (χ2n) is 3.68. The maximum atomic E-state index is 11.4. The fourth-order valence-electron chi connectivity index (χ4n) is 1.38. The highest BCUT2D eigenvalue weighted by Gasteiger charge is 2.15. The summed E-state index contributed by atoms with van der Waals surface area (Å²) in [6, 6.07) is 1.63. The van der Waals surface area contributed by atoms with Gasteiger partial charge in [0, 0.05) is 25.2 Å².